The smallest absolute Gasteiger partial charge is 0.315 e. The molecule has 2 N–H and O–H groups in total. The average Bonchev–Trinajstić information content (AvgIpc) is 2.81. The molecule has 1 aromatic rings. The summed E-state index contributed by atoms with van der Waals surface area (Å²) < 4.78 is 5.46. The molecule has 84 valence electrons. The molecular weight excluding hydrogens is 192 g/mol. The maximum atomic E-state index is 5.46. The fourth-order valence-electron chi connectivity index (χ4n) is 1.28. The van der Waals surface area contributed by atoms with Gasteiger partial charge in [0, 0.05) is 6.54 Å². The maximum absolute atomic E-state index is 5.46. The first-order valence-corrected chi connectivity index (χ1v) is 5.37. The number of hydrogen-bond donors (Lipinski definition) is 2. The van der Waals surface area contributed by atoms with Gasteiger partial charge in [-0.1, -0.05) is 12.0 Å². The van der Waals surface area contributed by atoms with Crippen molar-refractivity contribution in [3.05, 3.63) is 5.89 Å². The summed E-state index contributed by atoms with van der Waals surface area (Å²) in [5.41, 5.74) is 0.448. The van der Waals surface area contributed by atoms with Gasteiger partial charge in [0.15, 0.2) is 0 Å². The van der Waals surface area contributed by atoms with Crippen LogP contribution in [-0.4, -0.2) is 23.8 Å². The highest BCUT2D eigenvalue weighted by molar-refractivity contribution is 5.19. The van der Waals surface area contributed by atoms with E-state index in [9.17, 15) is 0 Å². The molecule has 2 rings (SSSR count). The highest BCUT2D eigenvalue weighted by Crippen LogP contribution is 2.44. The predicted octanol–water partition coefficient (Wildman–Crippen LogP) is 1.56. The monoisotopic (exact) mass is 210 g/mol. The average molecular weight is 210 g/mol. The van der Waals surface area contributed by atoms with Crippen molar-refractivity contribution in [1.29, 1.82) is 0 Å². The number of anilines is 1. The number of nitrogens with one attached hydrogen (secondary N) is 2. The highest BCUT2D eigenvalue weighted by Gasteiger charge is 2.37. The van der Waals surface area contributed by atoms with Gasteiger partial charge in [0.2, 0.25) is 5.89 Å². The Bertz CT molecular complexity index is 332. The molecule has 1 atom stereocenters. The van der Waals surface area contributed by atoms with Crippen molar-refractivity contribution >= 4 is 6.01 Å². The summed E-state index contributed by atoms with van der Waals surface area (Å²) in [7, 11) is 1.87. The molecule has 0 bridgehead atoms. The fourth-order valence-corrected chi connectivity index (χ4v) is 1.28. The molecule has 5 heteroatoms. The summed E-state index contributed by atoms with van der Waals surface area (Å²) in [6, 6.07) is 0.629. The predicted molar refractivity (Wildman–Crippen MR) is 57.6 cm³/mol. The minimum atomic E-state index is 0.101. The van der Waals surface area contributed by atoms with Gasteiger partial charge in [-0.3, -0.25) is 0 Å². The Balaban J connectivity index is 1.89. The maximum Gasteiger partial charge on any atom is 0.315 e. The van der Waals surface area contributed by atoms with Crippen LogP contribution in [-0.2, 0) is 0 Å². The lowest BCUT2D eigenvalue weighted by Gasteiger charge is -2.07. The molecule has 1 saturated carbocycles. The highest BCUT2D eigenvalue weighted by atomic mass is 16.4. The lowest BCUT2D eigenvalue weighted by Crippen LogP contribution is -2.12. The molecule has 1 heterocycles. The Kier molecular flexibility index (Phi) is 2.65. The van der Waals surface area contributed by atoms with E-state index in [-0.39, 0.29) is 6.04 Å². The van der Waals surface area contributed by atoms with Crippen molar-refractivity contribution in [3.8, 4) is 0 Å². The van der Waals surface area contributed by atoms with Gasteiger partial charge in [-0.25, -0.2) is 0 Å². The van der Waals surface area contributed by atoms with Crippen molar-refractivity contribution in [1.82, 2.24) is 15.5 Å². The zero-order chi connectivity index (χ0) is 10.9. The van der Waals surface area contributed by atoms with Gasteiger partial charge in [-0.15, -0.1) is 5.10 Å². The van der Waals surface area contributed by atoms with Gasteiger partial charge in [-0.05, 0) is 32.2 Å². The van der Waals surface area contributed by atoms with Crippen LogP contribution in [0.5, 0.6) is 0 Å². The molecule has 0 amide bonds. The SMILES string of the molecule is CNC(C)c1nnc(NCC2(C)CC2)o1. The molecule has 0 saturated heterocycles. The second-order valence-corrected chi connectivity index (χ2v) is 4.62. The van der Waals surface area contributed by atoms with E-state index in [2.05, 4.69) is 27.8 Å². The molecular formula is C10H18N4O. The zero-order valence-electron chi connectivity index (χ0n) is 9.50. The Hall–Kier alpha value is -1.10. The van der Waals surface area contributed by atoms with Crippen LogP contribution < -0.4 is 10.6 Å². The second-order valence-electron chi connectivity index (χ2n) is 4.62. The van der Waals surface area contributed by atoms with E-state index in [1.165, 1.54) is 12.8 Å². The normalized spacial score (nSPS) is 19.9. The molecule has 0 spiro atoms. The van der Waals surface area contributed by atoms with Crippen LogP contribution in [0, 0.1) is 5.41 Å². The van der Waals surface area contributed by atoms with Crippen LogP contribution in [0.4, 0.5) is 6.01 Å². The van der Waals surface area contributed by atoms with E-state index >= 15 is 0 Å². The molecule has 0 aromatic carbocycles. The third kappa shape index (κ3) is 2.47. The van der Waals surface area contributed by atoms with Crippen LogP contribution >= 0.6 is 0 Å². The van der Waals surface area contributed by atoms with Crippen molar-refractivity contribution in [3.63, 3.8) is 0 Å². The van der Waals surface area contributed by atoms with E-state index in [0.29, 0.717) is 17.3 Å². The lowest BCUT2D eigenvalue weighted by molar-refractivity contribution is 0.438. The summed E-state index contributed by atoms with van der Waals surface area (Å²) in [5, 5.41) is 14.1. The van der Waals surface area contributed by atoms with Crippen LogP contribution in [0.1, 0.15) is 38.6 Å². The first-order chi connectivity index (χ1) is 7.13. The molecule has 15 heavy (non-hydrogen) atoms. The van der Waals surface area contributed by atoms with Crippen LogP contribution in [0.3, 0.4) is 0 Å². The zero-order valence-corrected chi connectivity index (χ0v) is 9.50. The quantitative estimate of drug-likeness (QED) is 0.772. The Morgan fingerprint density at radius 2 is 2.20 bits per heavy atom. The molecule has 0 radical (unpaired) electrons. The van der Waals surface area contributed by atoms with Crippen molar-refractivity contribution in [2.75, 3.05) is 18.9 Å². The topological polar surface area (TPSA) is 63.0 Å². The second kappa shape index (κ2) is 3.81. The summed E-state index contributed by atoms with van der Waals surface area (Å²) in [6.45, 7) is 5.16. The summed E-state index contributed by atoms with van der Waals surface area (Å²) in [6.07, 6.45) is 2.57. The summed E-state index contributed by atoms with van der Waals surface area (Å²) in [5.74, 6) is 0.626. The number of rotatable bonds is 5. The molecule has 0 aliphatic heterocycles. The van der Waals surface area contributed by atoms with Crippen molar-refractivity contribution in [2.45, 2.75) is 32.7 Å². The van der Waals surface area contributed by atoms with E-state index in [0.717, 1.165) is 6.54 Å². The van der Waals surface area contributed by atoms with E-state index < -0.39 is 0 Å². The van der Waals surface area contributed by atoms with Gasteiger partial charge < -0.3 is 15.1 Å². The molecule has 5 nitrogen and oxygen atoms in total. The molecule has 1 aromatic heterocycles. The van der Waals surface area contributed by atoms with Gasteiger partial charge in [-0.2, -0.15) is 0 Å². The van der Waals surface area contributed by atoms with Crippen LogP contribution in [0.2, 0.25) is 0 Å². The Morgan fingerprint density at radius 1 is 1.47 bits per heavy atom. The van der Waals surface area contributed by atoms with Gasteiger partial charge in [0.1, 0.15) is 0 Å². The van der Waals surface area contributed by atoms with Crippen molar-refractivity contribution in [2.24, 2.45) is 5.41 Å². The third-order valence-electron chi connectivity index (χ3n) is 3.01. The van der Waals surface area contributed by atoms with E-state index in [4.69, 9.17) is 4.42 Å². The number of hydrogen-bond acceptors (Lipinski definition) is 5. The number of nitrogens with zero attached hydrogens (tertiary/aromatic N) is 2. The Labute approximate surface area is 89.6 Å². The summed E-state index contributed by atoms with van der Waals surface area (Å²) >= 11 is 0. The van der Waals surface area contributed by atoms with Gasteiger partial charge >= 0.3 is 6.01 Å². The molecule has 1 unspecified atom stereocenters. The summed E-state index contributed by atoms with van der Waals surface area (Å²) in [4.78, 5) is 0. The van der Waals surface area contributed by atoms with Crippen molar-refractivity contribution < 1.29 is 4.42 Å². The van der Waals surface area contributed by atoms with Crippen LogP contribution in [0.15, 0.2) is 4.42 Å². The first kappa shape index (κ1) is 10.4. The standard InChI is InChI=1S/C10H18N4O/c1-7(11-3)8-13-14-9(15-8)12-6-10(2)4-5-10/h7,11H,4-6H2,1-3H3,(H,12,14). The van der Waals surface area contributed by atoms with Gasteiger partial charge in [0.05, 0.1) is 6.04 Å². The minimum absolute atomic E-state index is 0.101. The molecule has 1 fully saturated rings. The van der Waals surface area contributed by atoms with Gasteiger partial charge in [0.25, 0.3) is 0 Å². The Morgan fingerprint density at radius 3 is 2.80 bits per heavy atom. The molecule has 1 aliphatic rings. The van der Waals surface area contributed by atoms with E-state index in [1.54, 1.807) is 0 Å². The largest absolute Gasteiger partial charge is 0.406 e. The molecule has 1 aliphatic carbocycles. The number of aromatic nitrogens is 2. The first-order valence-electron chi connectivity index (χ1n) is 5.37. The fraction of sp³-hybridized carbons (Fsp3) is 0.800. The van der Waals surface area contributed by atoms with Crippen LogP contribution in [0.25, 0.3) is 0 Å². The lowest BCUT2D eigenvalue weighted by atomic mass is 10.1. The van der Waals surface area contributed by atoms with E-state index in [1.807, 2.05) is 14.0 Å². The third-order valence-corrected chi connectivity index (χ3v) is 3.01. The minimum Gasteiger partial charge on any atom is -0.406 e.